The number of fused-ring (bicyclic) bond motifs is 1. The van der Waals surface area contributed by atoms with E-state index in [0.717, 1.165) is 36.1 Å². The summed E-state index contributed by atoms with van der Waals surface area (Å²) in [5.41, 5.74) is 2.34. The molecule has 124 valence electrons. The van der Waals surface area contributed by atoms with Gasteiger partial charge in [-0.05, 0) is 30.7 Å². The van der Waals surface area contributed by atoms with E-state index in [9.17, 15) is 0 Å². The van der Waals surface area contributed by atoms with Crippen LogP contribution in [-0.4, -0.2) is 44.8 Å². The van der Waals surface area contributed by atoms with Gasteiger partial charge in [0.1, 0.15) is 18.3 Å². The first-order valence-electron chi connectivity index (χ1n) is 8.27. The van der Waals surface area contributed by atoms with E-state index >= 15 is 0 Å². The molecule has 24 heavy (non-hydrogen) atoms. The van der Waals surface area contributed by atoms with Crippen molar-refractivity contribution < 1.29 is 4.74 Å². The second-order valence-corrected chi connectivity index (χ2v) is 7.33. The molecular formula is C16H18N6OS. The third kappa shape index (κ3) is 2.37. The Kier molecular flexibility index (Phi) is 3.27. The van der Waals surface area contributed by atoms with Gasteiger partial charge in [-0.25, -0.2) is 15.0 Å². The molecule has 3 aromatic heterocycles. The van der Waals surface area contributed by atoms with E-state index in [1.165, 1.54) is 29.4 Å². The number of hydrogen-bond donors (Lipinski definition) is 1. The number of H-pyrrole nitrogens is 1. The van der Waals surface area contributed by atoms with Crippen molar-refractivity contribution in [1.82, 2.24) is 25.1 Å². The molecule has 1 aliphatic heterocycles. The zero-order chi connectivity index (χ0) is 16.1. The van der Waals surface area contributed by atoms with Crippen LogP contribution in [0.4, 0.5) is 5.82 Å². The van der Waals surface area contributed by atoms with E-state index in [-0.39, 0.29) is 6.10 Å². The highest BCUT2D eigenvalue weighted by atomic mass is 32.1. The standard InChI is InChI=1S/C16H18N6OS/c1-9-7-24-13-12(9)19-14(10-2-3-10)20-16(13)22-4-5-23-11(6-22)15-17-8-18-21-15/h7-8,10-11H,2-6H2,1H3,(H,17,18,21). The highest BCUT2D eigenvalue weighted by Gasteiger charge is 2.31. The monoisotopic (exact) mass is 342 g/mol. The molecule has 1 saturated carbocycles. The van der Waals surface area contributed by atoms with Crippen LogP contribution in [0.1, 0.15) is 42.1 Å². The number of aryl methyl sites for hydroxylation is 1. The molecule has 0 radical (unpaired) electrons. The molecule has 0 amide bonds. The van der Waals surface area contributed by atoms with E-state index < -0.39 is 0 Å². The topological polar surface area (TPSA) is 79.8 Å². The number of aromatic amines is 1. The fraction of sp³-hybridized carbons (Fsp3) is 0.500. The van der Waals surface area contributed by atoms with Crippen LogP contribution in [0.5, 0.6) is 0 Å². The number of rotatable bonds is 3. The largest absolute Gasteiger partial charge is 0.367 e. The Bertz CT molecular complexity index is 872. The van der Waals surface area contributed by atoms with Crippen molar-refractivity contribution in [3.05, 3.63) is 28.9 Å². The Morgan fingerprint density at radius 2 is 2.25 bits per heavy atom. The van der Waals surface area contributed by atoms with Crippen LogP contribution in [0.3, 0.4) is 0 Å². The zero-order valence-corrected chi connectivity index (χ0v) is 14.2. The highest BCUT2D eigenvalue weighted by Crippen LogP contribution is 2.41. The fourth-order valence-corrected chi connectivity index (χ4v) is 4.15. The molecule has 1 N–H and O–H groups in total. The van der Waals surface area contributed by atoms with Gasteiger partial charge in [0, 0.05) is 12.5 Å². The molecule has 0 bridgehead atoms. The van der Waals surface area contributed by atoms with Gasteiger partial charge in [-0.2, -0.15) is 5.10 Å². The van der Waals surface area contributed by atoms with Crippen molar-refractivity contribution in [2.75, 3.05) is 24.6 Å². The molecule has 4 heterocycles. The Hall–Kier alpha value is -2.06. The average molecular weight is 342 g/mol. The van der Waals surface area contributed by atoms with E-state index in [4.69, 9.17) is 14.7 Å². The highest BCUT2D eigenvalue weighted by molar-refractivity contribution is 7.18. The lowest BCUT2D eigenvalue weighted by molar-refractivity contribution is 0.0341. The summed E-state index contributed by atoms with van der Waals surface area (Å²) < 4.78 is 7.04. The summed E-state index contributed by atoms with van der Waals surface area (Å²) in [5.74, 6) is 3.36. The quantitative estimate of drug-likeness (QED) is 0.788. The van der Waals surface area contributed by atoms with E-state index in [0.29, 0.717) is 12.5 Å². The second-order valence-electron chi connectivity index (χ2n) is 6.45. The fourth-order valence-electron chi connectivity index (χ4n) is 3.15. The Morgan fingerprint density at radius 3 is 3.04 bits per heavy atom. The number of nitrogens with one attached hydrogen (secondary N) is 1. The summed E-state index contributed by atoms with van der Waals surface area (Å²) in [6.45, 7) is 4.34. The maximum atomic E-state index is 5.87. The predicted molar refractivity (Wildman–Crippen MR) is 91.4 cm³/mol. The van der Waals surface area contributed by atoms with Gasteiger partial charge in [0.05, 0.1) is 23.4 Å². The Labute approximate surface area is 143 Å². The zero-order valence-electron chi connectivity index (χ0n) is 13.4. The molecule has 0 spiro atoms. The molecule has 2 aliphatic rings. The van der Waals surface area contributed by atoms with Crippen molar-refractivity contribution >= 4 is 27.4 Å². The summed E-state index contributed by atoms with van der Waals surface area (Å²) in [7, 11) is 0. The number of aromatic nitrogens is 5. The second kappa shape index (κ2) is 5.49. The molecule has 2 fully saturated rings. The number of nitrogens with zero attached hydrogens (tertiary/aromatic N) is 5. The molecule has 1 saturated heterocycles. The van der Waals surface area contributed by atoms with Crippen molar-refractivity contribution in [2.45, 2.75) is 31.8 Å². The molecule has 8 heteroatoms. The summed E-state index contributed by atoms with van der Waals surface area (Å²) in [5, 5.41) is 9.03. The third-order valence-electron chi connectivity index (χ3n) is 4.64. The van der Waals surface area contributed by atoms with Gasteiger partial charge in [0.15, 0.2) is 11.6 Å². The average Bonchev–Trinajstić information content (AvgIpc) is 3.19. The lowest BCUT2D eigenvalue weighted by Gasteiger charge is -2.33. The number of thiophene rings is 1. The summed E-state index contributed by atoms with van der Waals surface area (Å²) in [6, 6.07) is 0. The van der Waals surface area contributed by atoms with Crippen LogP contribution in [0, 0.1) is 6.92 Å². The Balaban J connectivity index is 1.55. The maximum absolute atomic E-state index is 5.87. The molecule has 1 unspecified atom stereocenters. The lowest BCUT2D eigenvalue weighted by atomic mass is 10.2. The number of hydrogen-bond acceptors (Lipinski definition) is 7. The number of morpholine rings is 1. The molecule has 1 aliphatic carbocycles. The van der Waals surface area contributed by atoms with Gasteiger partial charge in [-0.15, -0.1) is 11.3 Å². The van der Waals surface area contributed by atoms with E-state index in [1.54, 1.807) is 11.3 Å². The normalized spacial score (nSPS) is 21.5. The van der Waals surface area contributed by atoms with Crippen molar-refractivity contribution in [3.8, 4) is 0 Å². The number of anilines is 1. The van der Waals surface area contributed by atoms with Gasteiger partial charge < -0.3 is 9.64 Å². The molecular weight excluding hydrogens is 324 g/mol. The predicted octanol–water partition coefficient (Wildman–Crippen LogP) is 2.57. The minimum Gasteiger partial charge on any atom is -0.367 e. The van der Waals surface area contributed by atoms with Gasteiger partial charge in [-0.1, -0.05) is 0 Å². The SMILES string of the molecule is Cc1csc2c(N3CCOC(c4ncn[nH]4)C3)nc(C3CC3)nc12. The summed E-state index contributed by atoms with van der Waals surface area (Å²) in [6.07, 6.45) is 3.83. The minimum absolute atomic E-state index is 0.100. The minimum atomic E-state index is -0.100. The third-order valence-corrected chi connectivity index (χ3v) is 5.72. The summed E-state index contributed by atoms with van der Waals surface area (Å²) in [4.78, 5) is 16.3. The van der Waals surface area contributed by atoms with Crippen LogP contribution in [-0.2, 0) is 4.74 Å². The van der Waals surface area contributed by atoms with Crippen LogP contribution < -0.4 is 4.90 Å². The molecule has 1 atom stereocenters. The smallest absolute Gasteiger partial charge is 0.155 e. The first-order valence-corrected chi connectivity index (χ1v) is 9.15. The first-order chi connectivity index (χ1) is 11.8. The van der Waals surface area contributed by atoms with Gasteiger partial charge in [-0.3, -0.25) is 5.10 Å². The van der Waals surface area contributed by atoms with Gasteiger partial charge in [0.25, 0.3) is 0 Å². The molecule has 3 aromatic rings. The van der Waals surface area contributed by atoms with Gasteiger partial charge in [0.2, 0.25) is 0 Å². The van der Waals surface area contributed by atoms with Crippen molar-refractivity contribution in [1.29, 1.82) is 0 Å². The Morgan fingerprint density at radius 1 is 1.33 bits per heavy atom. The van der Waals surface area contributed by atoms with Crippen molar-refractivity contribution in [3.63, 3.8) is 0 Å². The van der Waals surface area contributed by atoms with Crippen molar-refractivity contribution in [2.24, 2.45) is 0 Å². The lowest BCUT2D eigenvalue weighted by Crippen LogP contribution is -2.39. The van der Waals surface area contributed by atoms with Crippen LogP contribution in [0.25, 0.3) is 10.2 Å². The maximum Gasteiger partial charge on any atom is 0.155 e. The molecule has 0 aromatic carbocycles. The van der Waals surface area contributed by atoms with Gasteiger partial charge >= 0.3 is 0 Å². The molecule has 7 nitrogen and oxygen atoms in total. The van der Waals surface area contributed by atoms with Crippen LogP contribution >= 0.6 is 11.3 Å². The van der Waals surface area contributed by atoms with E-state index in [2.05, 4.69) is 32.4 Å². The number of ether oxygens (including phenoxy) is 1. The first kappa shape index (κ1) is 14.3. The van der Waals surface area contributed by atoms with Crippen LogP contribution in [0.2, 0.25) is 0 Å². The van der Waals surface area contributed by atoms with E-state index in [1.807, 2.05) is 0 Å². The summed E-state index contributed by atoms with van der Waals surface area (Å²) >= 11 is 1.73. The van der Waals surface area contributed by atoms with Crippen LogP contribution in [0.15, 0.2) is 11.7 Å². The molecule has 5 rings (SSSR count).